The average molecular weight is 190 g/mol. The van der Waals surface area contributed by atoms with Crippen molar-refractivity contribution in [2.75, 3.05) is 13.1 Å². The largest absolute Gasteiger partial charge is 0.317 e. The first kappa shape index (κ1) is 9.22. The van der Waals surface area contributed by atoms with E-state index in [2.05, 4.69) is 16.5 Å². The average Bonchev–Trinajstić information content (AvgIpc) is 2.68. The van der Waals surface area contributed by atoms with E-state index in [1.807, 2.05) is 12.4 Å². The van der Waals surface area contributed by atoms with Crippen LogP contribution in [0.1, 0.15) is 24.3 Å². The summed E-state index contributed by atoms with van der Waals surface area (Å²) in [5, 5.41) is 16.0. The maximum Gasteiger partial charge on any atom is 0.128 e. The molecule has 1 aromatic heterocycles. The quantitative estimate of drug-likeness (QED) is 0.753. The molecule has 1 aliphatic rings. The monoisotopic (exact) mass is 190 g/mol. The molecule has 2 rings (SSSR count). The van der Waals surface area contributed by atoms with Gasteiger partial charge < -0.3 is 5.32 Å². The summed E-state index contributed by atoms with van der Waals surface area (Å²) in [6.45, 7) is 2.53. The lowest BCUT2D eigenvalue weighted by atomic mass is 9.93. The van der Waals surface area contributed by atoms with E-state index in [9.17, 15) is 0 Å². The Hall–Kier alpha value is -1.34. The highest BCUT2D eigenvalue weighted by atomic mass is 15.3. The van der Waals surface area contributed by atoms with Crippen LogP contribution in [0, 0.1) is 11.3 Å². The predicted molar refractivity (Wildman–Crippen MR) is 52.7 cm³/mol. The fourth-order valence-corrected chi connectivity index (χ4v) is 1.90. The molecule has 4 nitrogen and oxygen atoms in total. The molecule has 1 aliphatic heterocycles. The molecule has 0 atom stereocenters. The van der Waals surface area contributed by atoms with E-state index in [4.69, 9.17) is 5.26 Å². The zero-order valence-corrected chi connectivity index (χ0v) is 8.11. The highest BCUT2D eigenvalue weighted by Crippen LogP contribution is 2.24. The standard InChI is InChI=1S/C10H14N4/c11-3-6-14-8-10(7-13-14)9-1-4-12-5-2-9/h7-9,12H,1-2,4-6H2. The van der Waals surface area contributed by atoms with E-state index in [0.29, 0.717) is 12.5 Å². The maximum absolute atomic E-state index is 8.52. The van der Waals surface area contributed by atoms with Crippen LogP contribution < -0.4 is 5.32 Å². The summed E-state index contributed by atoms with van der Waals surface area (Å²) in [4.78, 5) is 0. The molecule has 1 saturated heterocycles. The first-order chi connectivity index (χ1) is 6.90. The highest BCUT2D eigenvalue weighted by Gasteiger charge is 2.16. The topological polar surface area (TPSA) is 53.6 Å². The van der Waals surface area contributed by atoms with Gasteiger partial charge in [0.1, 0.15) is 6.54 Å². The number of aromatic nitrogens is 2. The Morgan fingerprint density at radius 3 is 3.07 bits per heavy atom. The Morgan fingerprint density at radius 2 is 2.36 bits per heavy atom. The van der Waals surface area contributed by atoms with Crippen molar-refractivity contribution >= 4 is 0 Å². The molecule has 4 heteroatoms. The second-order valence-corrected chi connectivity index (χ2v) is 3.65. The molecule has 0 aromatic carbocycles. The summed E-state index contributed by atoms with van der Waals surface area (Å²) in [6, 6.07) is 2.09. The minimum absolute atomic E-state index is 0.352. The maximum atomic E-state index is 8.52. The van der Waals surface area contributed by atoms with Gasteiger partial charge in [0.05, 0.1) is 12.3 Å². The van der Waals surface area contributed by atoms with Gasteiger partial charge in [-0.1, -0.05) is 0 Å². The van der Waals surface area contributed by atoms with Gasteiger partial charge in [0.15, 0.2) is 0 Å². The molecule has 74 valence electrons. The van der Waals surface area contributed by atoms with Crippen molar-refractivity contribution in [1.82, 2.24) is 15.1 Å². The molecule has 1 aromatic rings. The molecule has 0 saturated carbocycles. The van der Waals surface area contributed by atoms with Crippen LogP contribution in [0.25, 0.3) is 0 Å². The Labute approximate surface area is 83.5 Å². The summed E-state index contributed by atoms with van der Waals surface area (Å²) >= 11 is 0. The van der Waals surface area contributed by atoms with Crippen molar-refractivity contribution in [3.63, 3.8) is 0 Å². The molecule has 1 N–H and O–H groups in total. The van der Waals surface area contributed by atoms with Crippen molar-refractivity contribution in [2.24, 2.45) is 0 Å². The van der Waals surface area contributed by atoms with Crippen molar-refractivity contribution in [1.29, 1.82) is 5.26 Å². The summed E-state index contributed by atoms with van der Waals surface area (Å²) in [6.07, 6.45) is 6.25. The number of nitrogens with one attached hydrogen (secondary N) is 1. The van der Waals surface area contributed by atoms with Gasteiger partial charge >= 0.3 is 0 Å². The van der Waals surface area contributed by atoms with Crippen LogP contribution in [0.2, 0.25) is 0 Å². The van der Waals surface area contributed by atoms with E-state index < -0.39 is 0 Å². The number of nitrogens with zero attached hydrogens (tertiary/aromatic N) is 3. The van der Waals surface area contributed by atoms with Gasteiger partial charge in [-0.25, -0.2) is 0 Å². The summed E-state index contributed by atoms with van der Waals surface area (Å²) < 4.78 is 1.71. The summed E-state index contributed by atoms with van der Waals surface area (Å²) in [7, 11) is 0. The Bertz CT molecular complexity index is 330. The summed E-state index contributed by atoms with van der Waals surface area (Å²) in [5.41, 5.74) is 1.28. The van der Waals surface area contributed by atoms with Gasteiger partial charge in [-0.2, -0.15) is 10.4 Å². The van der Waals surface area contributed by atoms with E-state index in [-0.39, 0.29) is 0 Å². The van der Waals surface area contributed by atoms with Gasteiger partial charge in [0, 0.05) is 6.20 Å². The lowest BCUT2D eigenvalue weighted by Crippen LogP contribution is -2.26. The molecular formula is C10H14N4. The van der Waals surface area contributed by atoms with Crippen LogP contribution in [0.4, 0.5) is 0 Å². The van der Waals surface area contributed by atoms with Gasteiger partial charge in [-0.15, -0.1) is 0 Å². The number of nitriles is 1. The number of rotatable bonds is 2. The third-order valence-corrected chi connectivity index (χ3v) is 2.70. The van der Waals surface area contributed by atoms with Crippen molar-refractivity contribution in [3.05, 3.63) is 18.0 Å². The molecule has 0 bridgehead atoms. The normalized spacial score (nSPS) is 17.9. The highest BCUT2D eigenvalue weighted by molar-refractivity contribution is 5.12. The first-order valence-corrected chi connectivity index (χ1v) is 5.00. The van der Waals surface area contributed by atoms with E-state index in [1.165, 1.54) is 18.4 Å². The number of hydrogen-bond acceptors (Lipinski definition) is 3. The molecule has 2 heterocycles. The lowest BCUT2D eigenvalue weighted by molar-refractivity contribution is 0.460. The Kier molecular flexibility index (Phi) is 2.80. The van der Waals surface area contributed by atoms with Crippen LogP contribution in [-0.4, -0.2) is 22.9 Å². The van der Waals surface area contributed by atoms with Gasteiger partial charge in [0.25, 0.3) is 0 Å². The zero-order chi connectivity index (χ0) is 9.80. The number of hydrogen-bond donors (Lipinski definition) is 1. The van der Waals surface area contributed by atoms with E-state index in [1.54, 1.807) is 4.68 Å². The second kappa shape index (κ2) is 4.25. The van der Waals surface area contributed by atoms with Crippen LogP contribution in [0.5, 0.6) is 0 Å². The lowest BCUT2D eigenvalue weighted by Gasteiger charge is -2.21. The van der Waals surface area contributed by atoms with Crippen LogP contribution in [0.15, 0.2) is 12.4 Å². The molecule has 0 aliphatic carbocycles. The predicted octanol–water partition coefficient (Wildman–Crippen LogP) is 0.874. The van der Waals surface area contributed by atoms with Gasteiger partial charge in [-0.3, -0.25) is 4.68 Å². The molecule has 0 amide bonds. The Balaban J connectivity index is 2.04. The van der Waals surface area contributed by atoms with Crippen LogP contribution in [0.3, 0.4) is 0 Å². The minimum atomic E-state index is 0.352. The molecular weight excluding hydrogens is 176 g/mol. The third-order valence-electron chi connectivity index (χ3n) is 2.70. The van der Waals surface area contributed by atoms with Gasteiger partial charge in [-0.05, 0) is 37.4 Å². The zero-order valence-electron chi connectivity index (χ0n) is 8.11. The smallest absolute Gasteiger partial charge is 0.128 e. The molecule has 0 radical (unpaired) electrons. The van der Waals surface area contributed by atoms with Crippen molar-refractivity contribution in [3.8, 4) is 6.07 Å². The van der Waals surface area contributed by atoms with Crippen LogP contribution in [-0.2, 0) is 6.54 Å². The SMILES string of the molecule is N#CCn1cc(C2CCNCC2)cn1. The number of piperidine rings is 1. The Morgan fingerprint density at radius 1 is 1.57 bits per heavy atom. The van der Waals surface area contributed by atoms with Crippen molar-refractivity contribution < 1.29 is 0 Å². The minimum Gasteiger partial charge on any atom is -0.317 e. The second-order valence-electron chi connectivity index (χ2n) is 3.65. The molecule has 0 spiro atoms. The van der Waals surface area contributed by atoms with E-state index in [0.717, 1.165) is 13.1 Å². The fourth-order valence-electron chi connectivity index (χ4n) is 1.90. The van der Waals surface area contributed by atoms with E-state index >= 15 is 0 Å². The molecule has 0 unspecified atom stereocenters. The fraction of sp³-hybridized carbons (Fsp3) is 0.600. The van der Waals surface area contributed by atoms with Crippen LogP contribution >= 0.6 is 0 Å². The first-order valence-electron chi connectivity index (χ1n) is 5.00. The molecule has 1 fully saturated rings. The van der Waals surface area contributed by atoms with Crippen molar-refractivity contribution in [2.45, 2.75) is 25.3 Å². The summed E-state index contributed by atoms with van der Waals surface area (Å²) in [5.74, 6) is 0.628. The third kappa shape index (κ3) is 1.94. The molecule has 14 heavy (non-hydrogen) atoms. The van der Waals surface area contributed by atoms with Gasteiger partial charge in [0.2, 0.25) is 0 Å².